The lowest BCUT2D eigenvalue weighted by Gasteiger charge is -2.23. The molecule has 1 aromatic heterocycles. The number of hydrogen-bond donors (Lipinski definition) is 1. The first-order valence-corrected chi connectivity index (χ1v) is 10.7. The second kappa shape index (κ2) is 9.25. The van der Waals surface area contributed by atoms with Crippen LogP contribution in [0.1, 0.15) is 77.5 Å². The van der Waals surface area contributed by atoms with Gasteiger partial charge in [0.05, 0.1) is 5.69 Å². The number of aromatic nitrogens is 2. The first kappa shape index (κ1) is 21.1. The Hall–Kier alpha value is -2.63. The van der Waals surface area contributed by atoms with Crippen LogP contribution in [0, 0.1) is 13.8 Å². The Kier molecular flexibility index (Phi) is 6.72. The Labute approximate surface area is 173 Å². The number of nitrogens with one attached hydrogen (secondary N) is 1. The van der Waals surface area contributed by atoms with Crippen molar-refractivity contribution in [1.29, 1.82) is 0 Å². The number of amides is 2. The van der Waals surface area contributed by atoms with E-state index in [0.29, 0.717) is 24.6 Å². The van der Waals surface area contributed by atoms with Gasteiger partial charge in [-0.2, -0.15) is 0 Å². The molecule has 0 unspecified atom stereocenters. The molecule has 0 radical (unpaired) electrons. The Morgan fingerprint density at radius 1 is 1.14 bits per heavy atom. The van der Waals surface area contributed by atoms with Crippen LogP contribution in [0.5, 0.6) is 0 Å². The highest BCUT2D eigenvalue weighted by Gasteiger charge is 2.29. The summed E-state index contributed by atoms with van der Waals surface area (Å²) in [5, 5.41) is 3.00. The van der Waals surface area contributed by atoms with Crippen LogP contribution >= 0.6 is 0 Å². The van der Waals surface area contributed by atoms with Gasteiger partial charge in [-0.1, -0.05) is 31.5 Å². The van der Waals surface area contributed by atoms with Crippen LogP contribution in [0.25, 0.3) is 0 Å². The molecule has 6 heteroatoms. The predicted octanol–water partition coefficient (Wildman–Crippen LogP) is 4.35. The molecular weight excluding hydrogens is 364 g/mol. The Bertz CT molecular complexity index is 895. The molecule has 156 valence electrons. The van der Waals surface area contributed by atoms with Gasteiger partial charge < -0.3 is 14.8 Å². The van der Waals surface area contributed by atoms with E-state index in [1.165, 1.54) is 0 Å². The molecule has 3 rings (SSSR count). The van der Waals surface area contributed by atoms with Crippen LogP contribution in [0.15, 0.2) is 18.2 Å². The molecule has 0 atom stereocenters. The van der Waals surface area contributed by atoms with E-state index in [2.05, 4.69) is 24.1 Å². The van der Waals surface area contributed by atoms with Crippen LogP contribution in [-0.4, -0.2) is 39.4 Å². The fourth-order valence-corrected chi connectivity index (χ4v) is 4.02. The van der Waals surface area contributed by atoms with Gasteiger partial charge >= 0.3 is 0 Å². The highest BCUT2D eigenvalue weighted by atomic mass is 16.2. The highest BCUT2D eigenvalue weighted by molar-refractivity contribution is 6.05. The molecule has 0 aliphatic carbocycles. The van der Waals surface area contributed by atoms with Crippen molar-refractivity contribution in [3.8, 4) is 0 Å². The van der Waals surface area contributed by atoms with Crippen LogP contribution in [0.2, 0.25) is 0 Å². The minimum Gasteiger partial charge on any atom is -0.336 e. The molecule has 1 N–H and O–H groups in total. The third-order valence-electron chi connectivity index (χ3n) is 5.43. The standard InChI is InChI=1S/C23H32N4O2/c1-5-12-26(13-6-2)23(29)21-25-20(19-9-7-8-14-27(19)21)22(28)24-18-11-10-16(3)15-17(18)4/h10-11,15H,5-9,12-14H2,1-4H3,(H,24,28). The molecule has 1 aliphatic heterocycles. The minimum atomic E-state index is -0.237. The van der Waals surface area contributed by atoms with E-state index in [0.717, 1.165) is 61.2 Å². The van der Waals surface area contributed by atoms with E-state index in [1.54, 1.807) is 0 Å². The third kappa shape index (κ3) is 4.52. The number of benzene rings is 1. The molecule has 1 aromatic carbocycles. The van der Waals surface area contributed by atoms with E-state index in [9.17, 15) is 9.59 Å². The zero-order chi connectivity index (χ0) is 21.0. The zero-order valence-corrected chi connectivity index (χ0v) is 18.0. The van der Waals surface area contributed by atoms with Gasteiger partial charge in [0.1, 0.15) is 0 Å². The van der Waals surface area contributed by atoms with Crippen molar-refractivity contribution < 1.29 is 9.59 Å². The summed E-state index contributed by atoms with van der Waals surface area (Å²) in [6.45, 7) is 10.3. The van der Waals surface area contributed by atoms with Crippen LogP contribution in [0.4, 0.5) is 5.69 Å². The van der Waals surface area contributed by atoms with Crippen LogP contribution < -0.4 is 5.32 Å². The predicted molar refractivity (Wildman–Crippen MR) is 116 cm³/mol. The summed E-state index contributed by atoms with van der Waals surface area (Å²) in [6.07, 6.45) is 4.59. The SMILES string of the molecule is CCCN(CCC)C(=O)c1nc(C(=O)Nc2ccc(C)cc2C)c2n1CCCC2. The molecule has 0 bridgehead atoms. The molecule has 0 saturated carbocycles. The monoisotopic (exact) mass is 396 g/mol. The van der Waals surface area contributed by atoms with Crippen molar-refractivity contribution in [2.24, 2.45) is 0 Å². The van der Waals surface area contributed by atoms with Crippen molar-refractivity contribution in [3.05, 3.63) is 46.5 Å². The smallest absolute Gasteiger partial charge is 0.289 e. The second-order valence-corrected chi connectivity index (χ2v) is 7.90. The number of anilines is 1. The number of fused-ring (bicyclic) bond motifs is 1. The van der Waals surface area contributed by atoms with E-state index < -0.39 is 0 Å². The number of hydrogen-bond acceptors (Lipinski definition) is 3. The molecule has 0 fully saturated rings. The highest BCUT2D eigenvalue weighted by Crippen LogP contribution is 2.24. The molecule has 2 heterocycles. The summed E-state index contributed by atoms with van der Waals surface area (Å²) in [6, 6.07) is 5.94. The third-order valence-corrected chi connectivity index (χ3v) is 5.43. The number of nitrogens with zero attached hydrogens (tertiary/aromatic N) is 3. The number of rotatable bonds is 7. The minimum absolute atomic E-state index is 0.0672. The number of imidazole rings is 1. The lowest BCUT2D eigenvalue weighted by atomic mass is 10.1. The van der Waals surface area contributed by atoms with E-state index in [1.807, 2.05) is 41.5 Å². The summed E-state index contributed by atoms with van der Waals surface area (Å²) >= 11 is 0. The average molecular weight is 397 g/mol. The van der Waals surface area contributed by atoms with Gasteiger partial charge in [-0.3, -0.25) is 9.59 Å². The molecule has 0 saturated heterocycles. The van der Waals surface area contributed by atoms with Gasteiger partial charge in [0.2, 0.25) is 0 Å². The van der Waals surface area contributed by atoms with Crippen molar-refractivity contribution in [2.45, 2.75) is 66.3 Å². The van der Waals surface area contributed by atoms with E-state index in [-0.39, 0.29) is 11.8 Å². The summed E-state index contributed by atoms with van der Waals surface area (Å²) in [7, 11) is 0. The summed E-state index contributed by atoms with van der Waals surface area (Å²) in [5.41, 5.74) is 4.22. The van der Waals surface area contributed by atoms with Gasteiger partial charge in [0.25, 0.3) is 11.8 Å². The van der Waals surface area contributed by atoms with Gasteiger partial charge in [-0.15, -0.1) is 0 Å². The average Bonchev–Trinajstić information content (AvgIpc) is 3.09. The molecule has 0 spiro atoms. The van der Waals surface area contributed by atoms with Crippen molar-refractivity contribution >= 4 is 17.5 Å². The Morgan fingerprint density at radius 2 is 1.86 bits per heavy atom. The zero-order valence-electron chi connectivity index (χ0n) is 18.0. The van der Waals surface area contributed by atoms with Crippen LogP contribution in [0.3, 0.4) is 0 Å². The molecule has 6 nitrogen and oxygen atoms in total. The van der Waals surface area contributed by atoms with E-state index in [4.69, 9.17) is 0 Å². The van der Waals surface area contributed by atoms with Crippen molar-refractivity contribution in [3.63, 3.8) is 0 Å². The fourth-order valence-electron chi connectivity index (χ4n) is 4.02. The topological polar surface area (TPSA) is 67.2 Å². The summed E-state index contributed by atoms with van der Waals surface area (Å²) < 4.78 is 1.97. The lowest BCUT2D eigenvalue weighted by molar-refractivity contribution is 0.0737. The normalized spacial score (nSPS) is 13.1. The van der Waals surface area contributed by atoms with E-state index >= 15 is 0 Å². The van der Waals surface area contributed by atoms with Gasteiger partial charge in [-0.05, 0) is 57.6 Å². The maximum absolute atomic E-state index is 13.2. The molecule has 2 amide bonds. The number of carbonyl (C=O) groups is 2. The molecular formula is C23H32N4O2. The van der Waals surface area contributed by atoms with Gasteiger partial charge in [0.15, 0.2) is 11.5 Å². The summed E-state index contributed by atoms with van der Waals surface area (Å²) in [4.78, 5) is 32.7. The maximum atomic E-state index is 13.2. The van der Waals surface area contributed by atoms with Crippen molar-refractivity contribution in [2.75, 3.05) is 18.4 Å². The summed E-state index contributed by atoms with van der Waals surface area (Å²) in [5.74, 6) is 0.106. The molecule has 1 aliphatic rings. The Balaban J connectivity index is 1.93. The first-order chi connectivity index (χ1) is 14.0. The van der Waals surface area contributed by atoms with Gasteiger partial charge in [-0.25, -0.2) is 4.98 Å². The Morgan fingerprint density at radius 3 is 2.52 bits per heavy atom. The maximum Gasteiger partial charge on any atom is 0.289 e. The quantitative estimate of drug-likeness (QED) is 0.756. The van der Waals surface area contributed by atoms with Crippen LogP contribution in [-0.2, 0) is 13.0 Å². The van der Waals surface area contributed by atoms with Crippen molar-refractivity contribution in [1.82, 2.24) is 14.5 Å². The number of carbonyl (C=O) groups excluding carboxylic acids is 2. The lowest BCUT2D eigenvalue weighted by Crippen LogP contribution is -2.35. The largest absolute Gasteiger partial charge is 0.336 e. The first-order valence-electron chi connectivity index (χ1n) is 10.7. The number of aryl methyl sites for hydroxylation is 2. The fraction of sp³-hybridized carbons (Fsp3) is 0.522. The molecule has 2 aromatic rings. The van der Waals surface area contributed by atoms with Gasteiger partial charge in [0, 0.05) is 25.3 Å². The second-order valence-electron chi connectivity index (χ2n) is 7.90. The molecule has 29 heavy (non-hydrogen) atoms.